The van der Waals surface area contributed by atoms with Gasteiger partial charge in [0.2, 0.25) is 0 Å². The van der Waals surface area contributed by atoms with E-state index in [1.165, 1.54) is 157 Å². The van der Waals surface area contributed by atoms with Gasteiger partial charge in [0.1, 0.15) is 0 Å². The number of anilines is 24. The molecule has 21 aromatic carbocycles. The Labute approximate surface area is 807 Å². The molecule has 0 bridgehead atoms. The molecule has 27 rings (SSSR count). The summed E-state index contributed by atoms with van der Waals surface area (Å²) in [5, 5.41) is 0. The van der Waals surface area contributed by atoms with Crippen LogP contribution < -0.4 is 88.4 Å². The number of aryl methyl sites for hydroxylation is 1. The summed E-state index contributed by atoms with van der Waals surface area (Å²) in [6.45, 7) is 2.48. The topological polar surface area (TPSA) is 25.9 Å². The van der Waals surface area contributed by atoms with Gasteiger partial charge in [-0.05, 0) is 285 Å². The zero-order chi connectivity index (χ0) is 91.5. The predicted octanol–water partition coefficient (Wildman–Crippen LogP) is 27.9. The molecule has 0 N–H and O–H groups in total. The molecule has 11 heteroatoms. The van der Waals surface area contributed by atoms with Crippen LogP contribution in [0.1, 0.15) is 5.56 Å². The molecule has 21 aromatic rings. The summed E-state index contributed by atoms with van der Waals surface area (Å²) in [7, 11) is 0. The van der Waals surface area contributed by atoms with Crippen LogP contribution in [-0.4, -0.2) is 20.1 Å². The molecule has 648 valence electrons. The highest BCUT2D eigenvalue weighted by Crippen LogP contribution is 2.53. The third kappa shape index (κ3) is 14.4. The Hall–Kier alpha value is -17.8. The molecular formula is C127H91B3N8. The van der Waals surface area contributed by atoms with Crippen molar-refractivity contribution >= 4 is 206 Å². The molecule has 0 atom stereocenters. The van der Waals surface area contributed by atoms with E-state index in [2.05, 4.69) is 580 Å². The lowest BCUT2D eigenvalue weighted by Crippen LogP contribution is -2.61. The minimum absolute atomic E-state index is 0.0910. The van der Waals surface area contributed by atoms with Crippen molar-refractivity contribution in [2.24, 2.45) is 0 Å². The maximum Gasteiger partial charge on any atom is 0.252 e. The maximum atomic E-state index is 2.46. The van der Waals surface area contributed by atoms with Crippen LogP contribution in [0.2, 0.25) is 0 Å². The number of fused-ring (bicyclic) bond motifs is 12. The Kier molecular flexibility index (Phi) is 21.0. The molecule has 0 fully saturated rings. The second-order valence-corrected chi connectivity index (χ2v) is 35.9. The van der Waals surface area contributed by atoms with Gasteiger partial charge >= 0.3 is 0 Å². The van der Waals surface area contributed by atoms with Gasteiger partial charge in [-0.25, -0.2) is 0 Å². The molecule has 8 nitrogen and oxygen atoms in total. The van der Waals surface area contributed by atoms with Crippen molar-refractivity contribution in [2.75, 3.05) is 39.2 Å². The fraction of sp³-hybridized carbons (Fsp3) is 0.00787. The first-order chi connectivity index (χ1) is 68.5. The first kappa shape index (κ1) is 82.1. The van der Waals surface area contributed by atoms with Crippen molar-refractivity contribution in [3.63, 3.8) is 0 Å². The summed E-state index contributed by atoms with van der Waals surface area (Å²) >= 11 is 0. The average Bonchev–Trinajstić information content (AvgIpc) is 0.705. The summed E-state index contributed by atoms with van der Waals surface area (Å²) in [5.74, 6) is 0. The van der Waals surface area contributed by atoms with Gasteiger partial charge in [-0.2, -0.15) is 0 Å². The monoisotopic (exact) mass is 1760 g/mol. The largest absolute Gasteiger partial charge is 0.311 e. The van der Waals surface area contributed by atoms with Gasteiger partial charge in [-0.3, -0.25) is 0 Å². The van der Waals surface area contributed by atoms with E-state index >= 15 is 0 Å². The van der Waals surface area contributed by atoms with E-state index in [4.69, 9.17) is 0 Å². The molecule has 0 amide bonds. The average molecular weight is 1760 g/mol. The quantitative estimate of drug-likeness (QED) is 0.0994. The van der Waals surface area contributed by atoms with E-state index in [-0.39, 0.29) is 20.1 Å². The first-order valence-electron chi connectivity index (χ1n) is 47.6. The van der Waals surface area contributed by atoms with Crippen LogP contribution in [0.3, 0.4) is 0 Å². The van der Waals surface area contributed by atoms with E-state index < -0.39 is 0 Å². The van der Waals surface area contributed by atoms with Crippen molar-refractivity contribution in [3.05, 3.63) is 539 Å². The molecule has 138 heavy (non-hydrogen) atoms. The van der Waals surface area contributed by atoms with Crippen LogP contribution in [0.5, 0.6) is 0 Å². The highest BCUT2D eigenvalue weighted by Gasteiger charge is 2.48. The van der Waals surface area contributed by atoms with Crippen LogP contribution in [-0.2, 0) is 0 Å². The van der Waals surface area contributed by atoms with Crippen molar-refractivity contribution in [3.8, 4) is 22.3 Å². The number of benzene rings is 21. The smallest absolute Gasteiger partial charge is 0.252 e. The van der Waals surface area contributed by atoms with E-state index in [1.54, 1.807) is 0 Å². The number of hydrogen-bond acceptors (Lipinski definition) is 8. The predicted molar refractivity (Wildman–Crippen MR) is 586 cm³/mol. The molecule has 6 aliphatic rings. The summed E-state index contributed by atoms with van der Waals surface area (Å²) in [6, 6.07) is 193. The van der Waals surface area contributed by atoms with Crippen LogP contribution in [0.15, 0.2) is 534 Å². The fourth-order valence-corrected chi connectivity index (χ4v) is 22.0. The second-order valence-electron chi connectivity index (χ2n) is 35.9. The standard InChI is InChI=1S/C48H34BN3.C42H30BN3.C37H27BN2/c1-5-17-37(18-6-1)50(38-19-7-2-8-20-38)41-31-29-35(30-32-41)36-33-46-48-47(34-36)52(40-23-11-4-12-24-40)45-28-16-14-26-43(45)49(48)42-25-13-15-27-44(42)51(46)39-21-9-3-10-22-39;1-5-17-31(18-6-1)44(32-19-7-2-8-20-32)35-29-40-42-41(30-35)46(34-23-11-4-12-24-34)39-28-16-14-26-37(39)43(42)36-25-13-15-27-38(36)45(40)33-21-9-3-10-22-33;1-26-20-22-27(23-21-26)28-24-35-37-36(25-28)40(30-14-6-3-7-15-30)34-19-11-9-17-32(34)38(37)31-16-8-10-18-33(31)39(35)29-12-4-2-5-13-29/h1-34H;1-30H;2-25H,1H3. The lowest BCUT2D eigenvalue weighted by Gasteiger charge is -2.45. The Morgan fingerprint density at radius 2 is 0.319 bits per heavy atom. The molecule has 0 aromatic heterocycles. The van der Waals surface area contributed by atoms with Gasteiger partial charge in [0.15, 0.2) is 0 Å². The summed E-state index contributed by atoms with van der Waals surface area (Å²) in [5.41, 5.74) is 46.2. The van der Waals surface area contributed by atoms with Crippen LogP contribution in [0, 0.1) is 6.92 Å². The number of rotatable bonds is 14. The van der Waals surface area contributed by atoms with Gasteiger partial charge in [0.05, 0.1) is 5.69 Å². The second kappa shape index (κ2) is 35.3. The third-order valence-electron chi connectivity index (χ3n) is 27.9. The van der Waals surface area contributed by atoms with Gasteiger partial charge in [-0.1, -0.05) is 333 Å². The Morgan fingerprint density at radius 3 is 0.543 bits per heavy atom. The molecule has 0 unspecified atom stereocenters. The molecule has 0 saturated carbocycles. The minimum Gasteiger partial charge on any atom is -0.311 e. The van der Waals surface area contributed by atoms with Crippen LogP contribution in [0.25, 0.3) is 22.3 Å². The minimum atomic E-state index is 0.0910. The third-order valence-corrected chi connectivity index (χ3v) is 27.9. The van der Waals surface area contributed by atoms with Crippen LogP contribution in [0.4, 0.5) is 136 Å². The Bertz CT molecular complexity index is 7640. The van der Waals surface area contributed by atoms with Crippen LogP contribution >= 0.6 is 0 Å². The molecular weight excluding hydrogens is 1670 g/mol. The molecule has 0 saturated heterocycles. The number of nitrogens with zero attached hydrogens (tertiary/aromatic N) is 8. The zero-order valence-corrected chi connectivity index (χ0v) is 76.1. The van der Waals surface area contributed by atoms with Gasteiger partial charge in [-0.15, -0.1) is 0 Å². The van der Waals surface area contributed by atoms with E-state index in [0.29, 0.717) is 0 Å². The van der Waals surface area contributed by atoms with E-state index in [0.717, 1.165) is 56.9 Å². The van der Waals surface area contributed by atoms with Gasteiger partial charge < -0.3 is 39.2 Å². The normalized spacial score (nSPS) is 12.7. The molecule has 6 heterocycles. The van der Waals surface area contributed by atoms with Crippen molar-refractivity contribution in [1.82, 2.24) is 0 Å². The molecule has 0 aliphatic carbocycles. The first-order valence-corrected chi connectivity index (χ1v) is 47.6. The van der Waals surface area contributed by atoms with Gasteiger partial charge in [0.25, 0.3) is 20.1 Å². The van der Waals surface area contributed by atoms with Crippen molar-refractivity contribution in [2.45, 2.75) is 6.92 Å². The summed E-state index contributed by atoms with van der Waals surface area (Å²) in [6.07, 6.45) is 0. The van der Waals surface area contributed by atoms with E-state index in [1.807, 2.05) is 0 Å². The molecule has 6 aliphatic heterocycles. The lowest BCUT2D eigenvalue weighted by molar-refractivity contribution is 1.23. The lowest BCUT2D eigenvalue weighted by atomic mass is 9.33. The highest BCUT2D eigenvalue weighted by atomic mass is 15.2. The van der Waals surface area contributed by atoms with Gasteiger partial charge in [0, 0.05) is 131 Å². The Balaban J connectivity index is 0.000000111. The maximum absolute atomic E-state index is 2.46. The van der Waals surface area contributed by atoms with E-state index in [9.17, 15) is 0 Å². The SMILES string of the molecule is Cc1ccc(-c2cc3c4c(c2)N(c2ccccc2)c2ccccc2B4c2ccccc2N3c2ccccc2)cc1.c1ccc(N(c2ccccc2)c2cc3c4c(c2)N(c2ccccc2)c2ccccc2B4c2ccccc2N3c2ccccc2)cc1.c1ccc(N(c2ccccc2)c2ccc(-c3cc4c5c(c3)N(c3ccccc3)c3ccccc3B5c3ccccc3N4c3ccccc3)cc2)cc1. The molecule has 0 spiro atoms. The zero-order valence-electron chi connectivity index (χ0n) is 76.1. The summed E-state index contributed by atoms with van der Waals surface area (Å²) in [4.78, 5) is 19.4. The van der Waals surface area contributed by atoms with Crippen molar-refractivity contribution < 1.29 is 0 Å². The fourth-order valence-electron chi connectivity index (χ4n) is 22.0. The highest BCUT2D eigenvalue weighted by molar-refractivity contribution is 7.02. The Morgan fingerprint density at radius 1 is 0.145 bits per heavy atom. The number of para-hydroxylation sites is 16. The number of hydrogen-bond donors (Lipinski definition) is 0. The molecule has 0 radical (unpaired) electrons. The summed E-state index contributed by atoms with van der Waals surface area (Å²) < 4.78 is 0. The van der Waals surface area contributed by atoms with Crippen molar-refractivity contribution in [1.29, 1.82) is 0 Å².